The fraction of sp³-hybridized carbons (Fsp3) is 0.200. The van der Waals surface area contributed by atoms with Gasteiger partial charge in [-0.25, -0.2) is 4.98 Å². The van der Waals surface area contributed by atoms with Crippen molar-refractivity contribution >= 4 is 11.6 Å². The number of ether oxygens (including phenoxy) is 2. The molecule has 0 bridgehead atoms. The molecule has 0 radical (unpaired) electrons. The van der Waals surface area contributed by atoms with E-state index in [0.717, 1.165) is 0 Å². The Morgan fingerprint density at radius 1 is 1.44 bits per heavy atom. The summed E-state index contributed by atoms with van der Waals surface area (Å²) in [6, 6.07) is 3.58. The topological polar surface area (TPSA) is 57.4 Å². The van der Waals surface area contributed by atoms with Crippen molar-refractivity contribution in [1.82, 2.24) is 9.97 Å². The summed E-state index contributed by atoms with van der Waals surface area (Å²) in [5.74, 6) is 1.30. The van der Waals surface area contributed by atoms with Crippen molar-refractivity contribution in [2.45, 2.75) is 6.61 Å². The number of rotatable bonds is 4. The van der Waals surface area contributed by atoms with E-state index < -0.39 is 0 Å². The van der Waals surface area contributed by atoms with Gasteiger partial charge in [0.05, 0.1) is 13.4 Å². The van der Waals surface area contributed by atoms with Gasteiger partial charge in [-0.2, -0.15) is 4.98 Å². The fourth-order valence-corrected chi connectivity index (χ4v) is 1.35. The molecular weight excluding hydrogens is 232 g/mol. The number of aromatic nitrogens is 2. The highest BCUT2D eigenvalue weighted by Gasteiger charge is 2.11. The molecule has 5 nitrogen and oxygen atoms in total. The van der Waals surface area contributed by atoms with Crippen molar-refractivity contribution in [3.05, 3.63) is 35.6 Å². The van der Waals surface area contributed by atoms with Crippen LogP contribution in [0.2, 0.25) is 5.15 Å². The van der Waals surface area contributed by atoms with Crippen LogP contribution in [-0.4, -0.2) is 17.1 Å². The number of nitrogens with zero attached hydrogens (tertiary/aromatic N) is 2. The molecule has 0 saturated carbocycles. The summed E-state index contributed by atoms with van der Waals surface area (Å²) in [6.45, 7) is 0.261. The van der Waals surface area contributed by atoms with Gasteiger partial charge in [-0.05, 0) is 12.1 Å². The maximum absolute atomic E-state index is 5.81. The third kappa shape index (κ3) is 2.25. The van der Waals surface area contributed by atoms with Gasteiger partial charge >= 0.3 is 0 Å². The second kappa shape index (κ2) is 4.85. The van der Waals surface area contributed by atoms with E-state index in [2.05, 4.69) is 9.97 Å². The Morgan fingerprint density at radius 3 is 3.00 bits per heavy atom. The number of hydrogen-bond acceptors (Lipinski definition) is 5. The van der Waals surface area contributed by atoms with Crippen LogP contribution in [-0.2, 0) is 6.61 Å². The third-order valence-corrected chi connectivity index (χ3v) is 2.13. The molecule has 2 aromatic heterocycles. The third-order valence-electron chi connectivity index (χ3n) is 1.86. The van der Waals surface area contributed by atoms with Crippen LogP contribution in [0.25, 0.3) is 0 Å². The minimum absolute atomic E-state index is 0.215. The Labute approximate surface area is 97.0 Å². The minimum atomic E-state index is 0.215. The standard InChI is InChI=1S/C10H9ClN2O3/c1-14-8-9(11)12-6-13-10(8)16-5-7-3-2-4-15-7/h2-4,6H,5H2,1H3. The molecule has 0 atom stereocenters. The predicted octanol–water partition coefficient (Wildman–Crippen LogP) is 2.31. The van der Waals surface area contributed by atoms with Crippen molar-refractivity contribution in [2.75, 3.05) is 7.11 Å². The zero-order chi connectivity index (χ0) is 11.4. The molecule has 0 aliphatic rings. The van der Waals surface area contributed by atoms with E-state index in [4.69, 9.17) is 25.5 Å². The van der Waals surface area contributed by atoms with E-state index in [1.807, 2.05) is 0 Å². The smallest absolute Gasteiger partial charge is 0.262 e. The van der Waals surface area contributed by atoms with Crippen LogP contribution in [0.3, 0.4) is 0 Å². The van der Waals surface area contributed by atoms with Crippen LogP contribution in [0.4, 0.5) is 0 Å². The molecule has 0 aliphatic heterocycles. The summed E-state index contributed by atoms with van der Waals surface area (Å²) in [4.78, 5) is 7.71. The van der Waals surface area contributed by atoms with Gasteiger partial charge in [0, 0.05) is 0 Å². The van der Waals surface area contributed by atoms with E-state index in [0.29, 0.717) is 17.4 Å². The Morgan fingerprint density at radius 2 is 2.31 bits per heavy atom. The highest BCUT2D eigenvalue weighted by Crippen LogP contribution is 2.30. The fourth-order valence-electron chi connectivity index (χ4n) is 1.15. The van der Waals surface area contributed by atoms with Crippen molar-refractivity contribution in [3.63, 3.8) is 0 Å². The lowest BCUT2D eigenvalue weighted by molar-refractivity contribution is 0.245. The number of furan rings is 1. The van der Waals surface area contributed by atoms with Gasteiger partial charge < -0.3 is 13.9 Å². The molecule has 0 saturated heterocycles. The van der Waals surface area contributed by atoms with Crippen LogP contribution in [0.15, 0.2) is 29.1 Å². The molecule has 0 aromatic carbocycles. The van der Waals surface area contributed by atoms with E-state index in [1.165, 1.54) is 13.4 Å². The van der Waals surface area contributed by atoms with Crippen molar-refractivity contribution in [3.8, 4) is 11.6 Å². The average Bonchev–Trinajstić information content (AvgIpc) is 2.79. The molecule has 2 rings (SSSR count). The summed E-state index contributed by atoms with van der Waals surface area (Å²) in [6.07, 6.45) is 2.88. The maximum Gasteiger partial charge on any atom is 0.262 e. The molecule has 0 unspecified atom stereocenters. The summed E-state index contributed by atoms with van der Waals surface area (Å²) in [5, 5.41) is 0.215. The molecule has 2 heterocycles. The zero-order valence-corrected chi connectivity index (χ0v) is 9.27. The number of halogens is 1. The molecule has 84 valence electrons. The first-order valence-electron chi connectivity index (χ1n) is 4.51. The van der Waals surface area contributed by atoms with Crippen molar-refractivity contribution < 1.29 is 13.9 Å². The highest BCUT2D eigenvalue weighted by molar-refractivity contribution is 6.31. The van der Waals surface area contributed by atoms with Gasteiger partial charge in [0.25, 0.3) is 5.88 Å². The first-order chi connectivity index (χ1) is 7.81. The summed E-state index contributed by atoms with van der Waals surface area (Å²) < 4.78 is 15.5. The molecule has 6 heteroatoms. The summed E-state index contributed by atoms with van der Waals surface area (Å²) in [7, 11) is 1.48. The van der Waals surface area contributed by atoms with Crippen LogP contribution in [0.1, 0.15) is 5.76 Å². The van der Waals surface area contributed by atoms with Crippen LogP contribution in [0.5, 0.6) is 11.6 Å². The monoisotopic (exact) mass is 240 g/mol. The zero-order valence-electron chi connectivity index (χ0n) is 8.51. The number of methoxy groups -OCH3 is 1. The predicted molar refractivity (Wildman–Crippen MR) is 56.6 cm³/mol. The van der Waals surface area contributed by atoms with Gasteiger partial charge in [0.2, 0.25) is 5.75 Å². The van der Waals surface area contributed by atoms with Crippen LogP contribution in [0, 0.1) is 0 Å². The Hall–Kier alpha value is -1.75. The lowest BCUT2D eigenvalue weighted by Crippen LogP contribution is -2.00. The van der Waals surface area contributed by atoms with E-state index >= 15 is 0 Å². The molecule has 0 amide bonds. The molecule has 2 aromatic rings. The van der Waals surface area contributed by atoms with E-state index in [9.17, 15) is 0 Å². The minimum Gasteiger partial charge on any atom is -0.489 e. The quantitative estimate of drug-likeness (QED) is 0.768. The van der Waals surface area contributed by atoms with Gasteiger partial charge in [0.1, 0.15) is 18.7 Å². The average molecular weight is 241 g/mol. The molecule has 0 N–H and O–H groups in total. The highest BCUT2D eigenvalue weighted by atomic mass is 35.5. The van der Waals surface area contributed by atoms with Crippen molar-refractivity contribution in [2.24, 2.45) is 0 Å². The molecule has 0 fully saturated rings. The second-order valence-electron chi connectivity index (χ2n) is 2.87. The van der Waals surface area contributed by atoms with Gasteiger partial charge in [-0.15, -0.1) is 0 Å². The van der Waals surface area contributed by atoms with Gasteiger partial charge in [-0.3, -0.25) is 0 Å². The summed E-state index contributed by atoms with van der Waals surface area (Å²) >= 11 is 5.81. The lowest BCUT2D eigenvalue weighted by atomic mass is 10.5. The van der Waals surface area contributed by atoms with E-state index in [-0.39, 0.29) is 11.8 Å². The summed E-state index contributed by atoms with van der Waals surface area (Å²) in [5.41, 5.74) is 0. The Kier molecular flexibility index (Phi) is 3.26. The molecule has 0 aliphatic carbocycles. The first-order valence-corrected chi connectivity index (χ1v) is 4.88. The van der Waals surface area contributed by atoms with Gasteiger partial charge in [-0.1, -0.05) is 11.6 Å². The lowest BCUT2D eigenvalue weighted by Gasteiger charge is -2.08. The SMILES string of the molecule is COc1c(Cl)ncnc1OCc1ccco1. The van der Waals surface area contributed by atoms with E-state index in [1.54, 1.807) is 18.4 Å². The number of hydrogen-bond donors (Lipinski definition) is 0. The van der Waals surface area contributed by atoms with Crippen molar-refractivity contribution in [1.29, 1.82) is 0 Å². The van der Waals surface area contributed by atoms with Gasteiger partial charge in [0.15, 0.2) is 5.15 Å². The maximum atomic E-state index is 5.81. The van der Waals surface area contributed by atoms with Crippen LogP contribution >= 0.6 is 11.6 Å². The van der Waals surface area contributed by atoms with Crippen LogP contribution < -0.4 is 9.47 Å². The Bertz CT molecular complexity index is 459. The second-order valence-corrected chi connectivity index (χ2v) is 3.23. The largest absolute Gasteiger partial charge is 0.489 e. The molecular formula is C10H9ClN2O3. The first kappa shape index (κ1) is 10.8. The Balaban J connectivity index is 2.12. The molecule has 16 heavy (non-hydrogen) atoms. The normalized spacial score (nSPS) is 10.1. The molecule has 0 spiro atoms.